The maximum absolute atomic E-state index is 5.52. The summed E-state index contributed by atoms with van der Waals surface area (Å²) < 4.78 is 10.9. The van der Waals surface area contributed by atoms with Crippen LogP contribution in [0.15, 0.2) is 9.52 Å². The zero-order valence-corrected chi connectivity index (χ0v) is 21.1. The summed E-state index contributed by atoms with van der Waals surface area (Å²) in [6, 6.07) is 0. The number of ether oxygens (including phenoxy) is 1. The van der Waals surface area contributed by atoms with Gasteiger partial charge in [-0.1, -0.05) is 30.8 Å². The van der Waals surface area contributed by atoms with Crippen LogP contribution in [-0.4, -0.2) is 59.8 Å². The first-order valence-corrected chi connectivity index (χ1v) is 11.3. The van der Waals surface area contributed by atoms with E-state index in [0.29, 0.717) is 24.9 Å². The number of aromatic nitrogens is 2. The number of piperidine rings is 1. The van der Waals surface area contributed by atoms with Crippen LogP contribution in [0.1, 0.15) is 83.0 Å². The molecule has 1 aliphatic heterocycles. The first kappa shape index (κ1) is 25.3. The quantitative estimate of drug-likeness (QED) is 0.299. The fourth-order valence-electron chi connectivity index (χ4n) is 4.64. The van der Waals surface area contributed by atoms with Gasteiger partial charge in [0, 0.05) is 25.7 Å². The Labute approximate surface area is 198 Å². The summed E-state index contributed by atoms with van der Waals surface area (Å²) in [4.78, 5) is 11.6. The molecule has 172 valence electrons. The van der Waals surface area contributed by atoms with E-state index in [1.807, 2.05) is 13.8 Å². The number of nitrogens with zero attached hydrogens (tertiary/aromatic N) is 4. The van der Waals surface area contributed by atoms with Gasteiger partial charge >= 0.3 is 0 Å². The molecular formula is C21H39IN6O2. The monoisotopic (exact) mass is 534 g/mol. The molecule has 0 bridgehead atoms. The van der Waals surface area contributed by atoms with Crippen molar-refractivity contribution in [3.63, 3.8) is 0 Å². The predicted octanol–water partition coefficient (Wildman–Crippen LogP) is 3.64. The molecule has 1 aromatic heterocycles. The average molecular weight is 534 g/mol. The number of hydrogen-bond donors (Lipinski definition) is 2. The summed E-state index contributed by atoms with van der Waals surface area (Å²) >= 11 is 0. The van der Waals surface area contributed by atoms with Gasteiger partial charge in [0.1, 0.15) is 6.10 Å². The minimum absolute atomic E-state index is 0. The van der Waals surface area contributed by atoms with Gasteiger partial charge < -0.3 is 19.9 Å². The summed E-state index contributed by atoms with van der Waals surface area (Å²) in [5, 5.41) is 10.9. The van der Waals surface area contributed by atoms with Gasteiger partial charge in [0.05, 0.1) is 6.54 Å². The lowest BCUT2D eigenvalue weighted by molar-refractivity contribution is 0.0368. The van der Waals surface area contributed by atoms with E-state index in [2.05, 4.69) is 30.7 Å². The van der Waals surface area contributed by atoms with E-state index in [0.717, 1.165) is 12.5 Å². The van der Waals surface area contributed by atoms with E-state index in [1.54, 1.807) is 7.05 Å². The van der Waals surface area contributed by atoms with E-state index in [9.17, 15) is 0 Å². The second-order valence-corrected chi connectivity index (χ2v) is 8.26. The van der Waals surface area contributed by atoms with Crippen LogP contribution < -0.4 is 10.6 Å². The van der Waals surface area contributed by atoms with Crippen LogP contribution in [0.3, 0.4) is 0 Å². The molecule has 30 heavy (non-hydrogen) atoms. The van der Waals surface area contributed by atoms with Gasteiger partial charge in [0.15, 0.2) is 11.8 Å². The number of hydrogen-bond acceptors (Lipinski definition) is 6. The Bertz CT molecular complexity index is 641. The number of guanidine groups is 1. The summed E-state index contributed by atoms with van der Waals surface area (Å²) in [6.45, 7) is 8.35. The highest BCUT2D eigenvalue weighted by Crippen LogP contribution is 2.35. The minimum Gasteiger partial charge on any atom is -0.371 e. The second-order valence-electron chi connectivity index (χ2n) is 8.26. The van der Waals surface area contributed by atoms with E-state index in [-0.39, 0.29) is 35.6 Å². The summed E-state index contributed by atoms with van der Waals surface area (Å²) in [7, 11) is 1.81. The van der Waals surface area contributed by atoms with E-state index in [4.69, 9.17) is 9.26 Å². The van der Waals surface area contributed by atoms with Crippen LogP contribution in [0.2, 0.25) is 0 Å². The standard InChI is InChI=1S/C21H38N6O2.HI/c1-4-28-17(2)19-25-18(29-26-19)15-23-20(22-3)24-16-21(11-7-5-8-12-21)27-13-9-6-10-14-27;/h17H,4-16H2,1-3H3,(H2,22,23,24);1H. The first-order chi connectivity index (χ1) is 14.2. The van der Waals surface area contributed by atoms with Crippen molar-refractivity contribution < 1.29 is 9.26 Å². The molecule has 1 atom stereocenters. The zero-order valence-electron chi connectivity index (χ0n) is 18.8. The largest absolute Gasteiger partial charge is 0.371 e. The molecule has 1 saturated heterocycles. The lowest BCUT2D eigenvalue weighted by atomic mass is 9.79. The molecule has 1 aliphatic carbocycles. The highest BCUT2D eigenvalue weighted by molar-refractivity contribution is 14.0. The van der Waals surface area contributed by atoms with Crippen LogP contribution in [-0.2, 0) is 11.3 Å². The van der Waals surface area contributed by atoms with Gasteiger partial charge in [-0.3, -0.25) is 9.89 Å². The van der Waals surface area contributed by atoms with Crippen molar-refractivity contribution in [3.8, 4) is 0 Å². The number of aliphatic imine (C=N–C) groups is 1. The van der Waals surface area contributed by atoms with Gasteiger partial charge in [-0.15, -0.1) is 24.0 Å². The zero-order chi connectivity index (χ0) is 20.5. The van der Waals surface area contributed by atoms with Crippen molar-refractivity contribution in [1.29, 1.82) is 0 Å². The van der Waals surface area contributed by atoms with Crippen molar-refractivity contribution in [1.82, 2.24) is 25.7 Å². The van der Waals surface area contributed by atoms with Gasteiger partial charge in [0.25, 0.3) is 0 Å². The van der Waals surface area contributed by atoms with Gasteiger partial charge in [-0.05, 0) is 52.6 Å². The molecular weight excluding hydrogens is 495 g/mol. The topological polar surface area (TPSA) is 87.8 Å². The van der Waals surface area contributed by atoms with E-state index in [1.165, 1.54) is 64.5 Å². The molecule has 1 aromatic rings. The molecule has 2 heterocycles. The molecule has 2 N–H and O–H groups in total. The second kappa shape index (κ2) is 12.8. The van der Waals surface area contributed by atoms with E-state index >= 15 is 0 Å². The summed E-state index contributed by atoms with van der Waals surface area (Å²) in [5.41, 5.74) is 0.265. The van der Waals surface area contributed by atoms with Gasteiger partial charge in [-0.25, -0.2) is 0 Å². The molecule has 0 aromatic carbocycles. The van der Waals surface area contributed by atoms with Crippen LogP contribution in [0.4, 0.5) is 0 Å². The average Bonchev–Trinajstić information content (AvgIpc) is 3.24. The fraction of sp³-hybridized carbons (Fsp3) is 0.857. The third-order valence-corrected chi connectivity index (χ3v) is 6.29. The molecule has 3 rings (SSSR count). The van der Waals surface area contributed by atoms with Crippen molar-refractivity contribution in [2.24, 2.45) is 4.99 Å². The summed E-state index contributed by atoms with van der Waals surface area (Å²) in [6.07, 6.45) is 10.4. The highest BCUT2D eigenvalue weighted by atomic mass is 127. The maximum Gasteiger partial charge on any atom is 0.246 e. The normalized spacial score (nSPS) is 21.0. The number of rotatable bonds is 8. The Morgan fingerprint density at radius 1 is 1.17 bits per heavy atom. The number of likely N-dealkylation sites (tertiary alicyclic amines) is 1. The van der Waals surface area contributed by atoms with Crippen LogP contribution in [0, 0.1) is 0 Å². The maximum atomic E-state index is 5.52. The van der Waals surface area contributed by atoms with Crippen molar-refractivity contribution in [3.05, 3.63) is 11.7 Å². The smallest absolute Gasteiger partial charge is 0.246 e. The van der Waals surface area contributed by atoms with Crippen molar-refractivity contribution in [2.75, 3.05) is 33.3 Å². The van der Waals surface area contributed by atoms with E-state index < -0.39 is 0 Å². The molecule has 2 fully saturated rings. The molecule has 1 unspecified atom stereocenters. The minimum atomic E-state index is -0.161. The summed E-state index contributed by atoms with van der Waals surface area (Å²) in [5.74, 6) is 1.90. The molecule has 1 saturated carbocycles. The first-order valence-electron chi connectivity index (χ1n) is 11.3. The Kier molecular flexibility index (Phi) is 10.8. The van der Waals surface area contributed by atoms with Crippen LogP contribution in [0.5, 0.6) is 0 Å². The van der Waals surface area contributed by atoms with Crippen molar-refractivity contribution >= 4 is 29.9 Å². The highest BCUT2D eigenvalue weighted by Gasteiger charge is 2.38. The van der Waals surface area contributed by atoms with Gasteiger partial charge in [0.2, 0.25) is 5.89 Å². The molecule has 0 spiro atoms. The third kappa shape index (κ3) is 6.78. The molecule has 0 amide bonds. The Morgan fingerprint density at radius 3 is 2.53 bits per heavy atom. The Hall–Kier alpha value is -0.940. The van der Waals surface area contributed by atoms with Crippen molar-refractivity contribution in [2.45, 2.75) is 83.4 Å². The van der Waals surface area contributed by atoms with Gasteiger partial charge in [-0.2, -0.15) is 4.98 Å². The lowest BCUT2D eigenvalue weighted by Crippen LogP contribution is -2.59. The molecule has 2 aliphatic rings. The predicted molar refractivity (Wildman–Crippen MR) is 129 cm³/mol. The lowest BCUT2D eigenvalue weighted by Gasteiger charge is -2.48. The Morgan fingerprint density at radius 2 is 1.87 bits per heavy atom. The van der Waals surface area contributed by atoms with Crippen LogP contribution in [0.25, 0.3) is 0 Å². The Balaban J connectivity index is 0.00000320. The molecule has 8 nitrogen and oxygen atoms in total. The number of halogens is 1. The van der Waals surface area contributed by atoms with Crippen LogP contribution >= 0.6 is 24.0 Å². The SMILES string of the molecule is CCOC(C)c1noc(CNC(=NC)NCC2(N3CCCCC3)CCCCC2)n1.I. The number of nitrogens with one attached hydrogen (secondary N) is 2. The fourth-order valence-corrected chi connectivity index (χ4v) is 4.64. The molecule has 0 radical (unpaired) electrons. The molecule has 9 heteroatoms. The third-order valence-electron chi connectivity index (χ3n) is 6.29.